The number of ether oxygens (including phenoxy) is 2. The Morgan fingerprint density at radius 2 is 1.77 bits per heavy atom. The summed E-state index contributed by atoms with van der Waals surface area (Å²) in [5, 5.41) is 2.69. The molecule has 158 valence electrons. The molecule has 0 saturated heterocycles. The molecule has 5 rings (SSSR count). The average Bonchev–Trinajstić information content (AvgIpc) is 3.38. The van der Waals surface area contributed by atoms with Gasteiger partial charge in [0.05, 0.1) is 6.26 Å². The van der Waals surface area contributed by atoms with Gasteiger partial charge in [-0.05, 0) is 35.4 Å². The maximum absolute atomic E-state index is 13.3. The van der Waals surface area contributed by atoms with E-state index in [1.807, 2.05) is 24.3 Å². The highest BCUT2D eigenvalue weighted by Crippen LogP contribution is 2.42. The smallest absolute Gasteiger partial charge is 0.459 e. The molecular weight excluding hydrogens is 410 g/mol. The van der Waals surface area contributed by atoms with Gasteiger partial charge in [0.15, 0.2) is 17.3 Å². The van der Waals surface area contributed by atoms with E-state index in [1.165, 1.54) is 35.4 Å². The standard InChI is InChI=1S/C22H16F2N2O5/c23-22(24)30-17-8-7-15(11-19(17)31-22)25-20(27)16-10-13-4-1-2-5-14(13)12-26(16)21(28)18-6-3-9-29-18/h1-9,11,16H,10,12H2,(H,25,27)/t16-/m1/s1. The molecule has 1 atom stereocenters. The Labute approximate surface area is 175 Å². The number of hydrogen-bond donors (Lipinski definition) is 1. The van der Waals surface area contributed by atoms with Gasteiger partial charge >= 0.3 is 6.29 Å². The Kier molecular flexibility index (Phi) is 4.39. The molecule has 2 aromatic carbocycles. The molecule has 0 radical (unpaired) electrons. The lowest BCUT2D eigenvalue weighted by molar-refractivity contribution is -0.286. The van der Waals surface area contributed by atoms with Gasteiger partial charge in [0.2, 0.25) is 5.91 Å². The van der Waals surface area contributed by atoms with Crippen molar-refractivity contribution >= 4 is 17.5 Å². The molecule has 2 aliphatic heterocycles. The minimum absolute atomic E-state index is 0.121. The number of fused-ring (bicyclic) bond motifs is 2. The number of furan rings is 1. The number of rotatable bonds is 3. The molecule has 2 amide bonds. The summed E-state index contributed by atoms with van der Waals surface area (Å²) >= 11 is 0. The summed E-state index contributed by atoms with van der Waals surface area (Å²) in [5.41, 5.74) is 2.14. The minimum Gasteiger partial charge on any atom is -0.459 e. The third kappa shape index (κ3) is 3.58. The third-order valence-corrected chi connectivity index (χ3v) is 5.21. The number of benzene rings is 2. The average molecular weight is 426 g/mol. The number of hydrogen-bond acceptors (Lipinski definition) is 5. The largest absolute Gasteiger partial charge is 0.586 e. The van der Waals surface area contributed by atoms with Crippen LogP contribution in [0.25, 0.3) is 0 Å². The number of halogens is 2. The quantitative estimate of drug-likeness (QED) is 0.689. The van der Waals surface area contributed by atoms with E-state index in [-0.39, 0.29) is 29.5 Å². The van der Waals surface area contributed by atoms with E-state index in [0.29, 0.717) is 6.42 Å². The first-order valence-corrected chi connectivity index (χ1v) is 9.52. The first-order chi connectivity index (χ1) is 14.9. The Bertz CT molecular complexity index is 1160. The molecule has 3 heterocycles. The number of alkyl halides is 2. The van der Waals surface area contributed by atoms with Gasteiger partial charge in [-0.15, -0.1) is 8.78 Å². The highest BCUT2D eigenvalue weighted by atomic mass is 19.3. The monoisotopic (exact) mass is 426 g/mol. The van der Waals surface area contributed by atoms with E-state index in [0.717, 1.165) is 11.1 Å². The Balaban J connectivity index is 1.41. The molecular formula is C22H16F2N2O5. The van der Waals surface area contributed by atoms with Gasteiger partial charge in [0.1, 0.15) is 6.04 Å². The molecule has 0 fully saturated rings. The maximum atomic E-state index is 13.3. The number of carbonyl (C=O) groups is 2. The van der Waals surface area contributed by atoms with Crippen LogP contribution in [0, 0.1) is 0 Å². The van der Waals surface area contributed by atoms with E-state index >= 15 is 0 Å². The van der Waals surface area contributed by atoms with Crippen LogP contribution in [0.3, 0.4) is 0 Å². The van der Waals surface area contributed by atoms with Crippen molar-refractivity contribution in [1.82, 2.24) is 4.90 Å². The van der Waals surface area contributed by atoms with Crippen LogP contribution in [0.4, 0.5) is 14.5 Å². The second-order valence-electron chi connectivity index (χ2n) is 7.22. The summed E-state index contributed by atoms with van der Waals surface area (Å²) in [6.45, 7) is 0.237. The van der Waals surface area contributed by atoms with Crippen molar-refractivity contribution in [1.29, 1.82) is 0 Å². The fourth-order valence-electron chi connectivity index (χ4n) is 3.76. The lowest BCUT2D eigenvalue weighted by Gasteiger charge is -2.35. The van der Waals surface area contributed by atoms with E-state index < -0.39 is 24.2 Å². The molecule has 1 N–H and O–H groups in total. The van der Waals surface area contributed by atoms with E-state index in [9.17, 15) is 18.4 Å². The first-order valence-electron chi connectivity index (χ1n) is 9.52. The molecule has 0 saturated carbocycles. The SMILES string of the molecule is O=C(Nc1ccc2c(c1)OC(F)(F)O2)[C@H]1Cc2ccccc2CN1C(=O)c1ccco1. The molecule has 0 unspecified atom stereocenters. The number of anilines is 1. The highest BCUT2D eigenvalue weighted by molar-refractivity contribution is 6.00. The summed E-state index contributed by atoms with van der Waals surface area (Å²) in [6.07, 6.45) is -2.05. The summed E-state index contributed by atoms with van der Waals surface area (Å²) in [4.78, 5) is 27.6. The summed E-state index contributed by atoms with van der Waals surface area (Å²) < 4.78 is 40.5. The van der Waals surface area contributed by atoms with Crippen molar-refractivity contribution in [2.45, 2.75) is 25.3 Å². The maximum Gasteiger partial charge on any atom is 0.586 e. The lowest BCUT2D eigenvalue weighted by atomic mass is 9.93. The summed E-state index contributed by atoms with van der Waals surface area (Å²) in [7, 11) is 0. The van der Waals surface area contributed by atoms with Crippen molar-refractivity contribution in [3.63, 3.8) is 0 Å². The molecule has 2 aliphatic rings. The van der Waals surface area contributed by atoms with Crippen molar-refractivity contribution < 1.29 is 32.3 Å². The molecule has 0 bridgehead atoms. The fraction of sp³-hybridized carbons (Fsp3) is 0.182. The predicted molar refractivity (Wildman–Crippen MR) is 104 cm³/mol. The summed E-state index contributed by atoms with van der Waals surface area (Å²) in [5.74, 6) is -1.04. The van der Waals surface area contributed by atoms with E-state index in [4.69, 9.17) is 4.42 Å². The van der Waals surface area contributed by atoms with Crippen molar-refractivity contribution in [3.8, 4) is 11.5 Å². The molecule has 7 nitrogen and oxygen atoms in total. The van der Waals surface area contributed by atoms with Crippen LogP contribution in [-0.4, -0.2) is 29.1 Å². The van der Waals surface area contributed by atoms with Crippen LogP contribution in [0.2, 0.25) is 0 Å². The Hall–Kier alpha value is -3.88. The van der Waals surface area contributed by atoms with Crippen LogP contribution < -0.4 is 14.8 Å². The third-order valence-electron chi connectivity index (χ3n) is 5.21. The van der Waals surface area contributed by atoms with Gasteiger partial charge in [-0.2, -0.15) is 0 Å². The lowest BCUT2D eigenvalue weighted by Crippen LogP contribution is -2.50. The normalized spacial score (nSPS) is 18.4. The first kappa shape index (κ1) is 19.1. The van der Waals surface area contributed by atoms with Gasteiger partial charge in [0.25, 0.3) is 5.91 Å². The molecule has 1 aromatic heterocycles. The number of carbonyl (C=O) groups excluding carboxylic acids is 2. The van der Waals surface area contributed by atoms with Crippen LogP contribution in [0.1, 0.15) is 21.7 Å². The van der Waals surface area contributed by atoms with Crippen LogP contribution >= 0.6 is 0 Å². The Morgan fingerprint density at radius 3 is 2.55 bits per heavy atom. The minimum atomic E-state index is -3.75. The predicted octanol–water partition coefficient (Wildman–Crippen LogP) is 3.81. The van der Waals surface area contributed by atoms with Gasteiger partial charge in [-0.3, -0.25) is 9.59 Å². The zero-order valence-electron chi connectivity index (χ0n) is 16.0. The van der Waals surface area contributed by atoms with Crippen LogP contribution in [0.5, 0.6) is 11.5 Å². The second kappa shape index (κ2) is 7.12. The fourth-order valence-corrected chi connectivity index (χ4v) is 3.76. The number of nitrogens with one attached hydrogen (secondary N) is 1. The van der Waals surface area contributed by atoms with Gasteiger partial charge in [-0.1, -0.05) is 24.3 Å². The molecule has 0 aliphatic carbocycles. The number of amides is 2. The Morgan fingerprint density at radius 1 is 1.00 bits per heavy atom. The number of nitrogens with zero attached hydrogens (tertiary/aromatic N) is 1. The van der Waals surface area contributed by atoms with Crippen molar-refractivity contribution in [2.75, 3.05) is 5.32 Å². The molecule has 31 heavy (non-hydrogen) atoms. The van der Waals surface area contributed by atoms with Gasteiger partial charge in [-0.25, -0.2) is 0 Å². The van der Waals surface area contributed by atoms with Crippen molar-refractivity contribution in [3.05, 3.63) is 77.7 Å². The molecule has 9 heteroatoms. The van der Waals surface area contributed by atoms with Crippen LogP contribution in [-0.2, 0) is 17.8 Å². The van der Waals surface area contributed by atoms with E-state index in [1.54, 1.807) is 6.07 Å². The summed E-state index contributed by atoms with van der Waals surface area (Å²) in [6, 6.07) is 13.8. The second-order valence-corrected chi connectivity index (χ2v) is 7.22. The van der Waals surface area contributed by atoms with E-state index in [2.05, 4.69) is 14.8 Å². The topological polar surface area (TPSA) is 81.0 Å². The molecule has 0 spiro atoms. The van der Waals surface area contributed by atoms with Crippen LogP contribution in [0.15, 0.2) is 65.3 Å². The van der Waals surface area contributed by atoms with Gasteiger partial charge < -0.3 is 24.1 Å². The highest BCUT2D eigenvalue weighted by Gasteiger charge is 2.43. The van der Waals surface area contributed by atoms with Gasteiger partial charge in [0, 0.05) is 24.7 Å². The van der Waals surface area contributed by atoms with Crippen molar-refractivity contribution in [2.24, 2.45) is 0 Å². The zero-order valence-corrected chi connectivity index (χ0v) is 16.0. The zero-order chi connectivity index (χ0) is 21.6. The molecule has 3 aromatic rings.